The molecule has 23 heavy (non-hydrogen) atoms. The van der Waals surface area contributed by atoms with Crippen molar-refractivity contribution in [3.05, 3.63) is 61.1 Å². The Labute approximate surface area is 135 Å². The molecule has 0 radical (unpaired) electrons. The number of nitrogens with one attached hydrogen (secondary N) is 1. The number of imidazole rings is 1. The van der Waals surface area contributed by atoms with Crippen molar-refractivity contribution in [1.29, 1.82) is 0 Å². The van der Waals surface area contributed by atoms with E-state index in [0.717, 1.165) is 22.9 Å². The van der Waals surface area contributed by atoms with Gasteiger partial charge >= 0.3 is 0 Å². The maximum absolute atomic E-state index is 11.9. The lowest BCUT2D eigenvalue weighted by Gasteiger charge is -2.11. The monoisotopic (exact) mass is 306 g/mol. The van der Waals surface area contributed by atoms with Crippen LogP contribution in [0.25, 0.3) is 17.2 Å². The minimum atomic E-state index is -0.0593. The fraction of sp³-hybridized carbons (Fsp3) is 0.167. The summed E-state index contributed by atoms with van der Waals surface area (Å²) in [6.45, 7) is 3.74. The molecule has 0 unspecified atom stereocenters. The predicted molar refractivity (Wildman–Crippen MR) is 90.3 cm³/mol. The molecule has 0 atom stereocenters. The Morgan fingerprint density at radius 2 is 1.96 bits per heavy atom. The molecule has 5 nitrogen and oxygen atoms in total. The Bertz CT molecular complexity index is 809. The first-order valence-corrected chi connectivity index (χ1v) is 7.51. The Balaban J connectivity index is 1.95. The van der Waals surface area contributed by atoms with Crippen molar-refractivity contribution in [2.75, 3.05) is 5.32 Å². The van der Waals surface area contributed by atoms with Crippen molar-refractivity contribution >= 4 is 11.6 Å². The van der Waals surface area contributed by atoms with E-state index < -0.39 is 0 Å². The average Bonchev–Trinajstić information content (AvgIpc) is 3.05. The lowest BCUT2D eigenvalue weighted by molar-refractivity contribution is -0.118. The van der Waals surface area contributed by atoms with E-state index in [2.05, 4.69) is 15.3 Å². The minimum absolute atomic E-state index is 0.00210. The van der Waals surface area contributed by atoms with Crippen LogP contribution in [0.5, 0.6) is 0 Å². The summed E-state index contributed by atoms with van der Waals surface area (Å²) in [4.78, 5) is 20.6. The van der Waals surface area contributed by atoms with Crippen LogP contribution < -0.4 is 5.32 Å². The molecule has 0 aliphatic heterocycles. The van der Waals surface area contributed by atoms with Gasteiger partial charge in [0.05, 0.1) is 0 Å². The fourth-order valence-corrected chi connectivity index (χ4v) is 2.22. The number of benzene rings is 1. The van der Waals surface area contributed by atoms with Gasteiger partial charge in [0.25, 0.3) is 0 Å². The summed E-state index contributed by atoms with van der Waals surface area (Å²) >= 11 is 0. The lowest BCUT2D eigenvalue weighted by Crippen LogP contribution is -2.17. The molecule has 1 N–H and O–H groups in total. The molecule has 5 heteroatoms. The Kier molecular flexibility index (Phi) is 4.19. The van der Waals surface area contributed by atoms with Gasteiger partial charge in [-0.1, -0.05) is 26.0 Å². The number of anilines is 1. The number of amides is 1. The predicted octanol–water partition coefficient (Wildman–Crippen LogP) is 3.53. The second kappa shape index (κ2) is 6.44. The minimum Gasteiger partial charge on any atom is -0.326 e. The van der Waals surface area contributed by atoms with Crippen LogP contribution in [0.4, 0.5) is 5.69 Å². The molecule has 0 aliphatic rings. The van der Waals surface area contributed by atoms with Gasteiger partial charge < -0.3 is 5.32 Å². The highest BCUT2D eigenvalue weighted by atomic mass is 16.1. The standard InChI is InChI=1S/C18H18N4O/c1-13(2)18(23)21-14-6-5-7-15(12-14)22-11-10-20-17(22)16-8-3-4-9-19-16/h3-13H,1-2H3,(H,21,23). The molecule has 3 rings (SSSR count). The van der Waals surface area contributed by atoms with Gasteiger partial charge in [0.1, 0.15) is 5.69 Å². The van der Waals surface area contributed by atoms with Crippen LogP contribution >= 0.6 is 0 Å². The zero-order valence-electron chi connectivity index (χ0n) is 13.1. The smallest absolute Gasteiger partial charge is 0.226 e. The van der Waals surface area contributed by atoms with Gasteiger partial charge in [-0.05, 0) is 30.3 Å². The summed E-state index contributed by atoms with van der Waals surface area (Å²) < 4.78 is 1.95. The molecular formula is C18H18N4O. The molecule has 1 amide bonds. The molecule has 3 aromatic rings. The van der Waals surface area contributed by atoms with Gasteiger partial charge in [-0.15, -0.1) is 0 Å². The average molecular weight is 306 g/mol. The van der Waals surface area contributed by atoms with Crippen molar-refractivity contribution in [3.8, 4) is 17.2 Å². The van der Waals surface area contributed by atoms with E-state index >= 15 is 0 Å². The van der Waals surface area contributed by atoms with E-state index in [9.17, 15) is 4.79 Å². The third kappa shape index (κ3) is 3.29. The van der Waals surface area contributed by atoms with Crippen LogP contribution in [0, 0.1) is 5.92 Å². The van der Waals surface area contributed by atoms with E-state index in [0.29, 0.717) is 0 Å². The zero-order valence-corrected chi connectivity index (χ0v) is 13.1. The van der Waals surface area contributed by atoms with Crippen molar-refractivity contribution < 1.29 is 4.79 Å². The fourth-order valence-electron chi connectivity index (χ4n) is 2.22. The Hall–Kier alpha value is -2.95. The molecule has 0 aliphatic carbocycles. The van der Waals surface area contributed by atoms with Crippen molar-refractivity contribution in [3.63, 3.8) is 0 Å². The maximum atomic E-state index is 11.9. The largest absolute Gasteiger partial charge is 0.326 e. The summed E-state index contributed by atoms with van der Waals surface area (Å²) in [6, 6.07) is 13.4. The van der Waals surface area contributed by atoms with Gasteiger partial charge in [0.15, 0.2) is 5.82 Å². The molecule has 0 spiro atoms. The first kappa shape index (κ1) is 15.0. The molecule has 0 fully saturated rings. The van der Waals surface area contributed by atoms with E-state index in [-0.39, 0.29) is 11.8 Å². The molecule has 2 heterocycles. The molecule has 0 saturated heterocycles. The van der Waals surface area contributed by atoms with Crippen LogP contribution in [-0.4, -0.2) is 20.4 Å². The number of aromatic nitrogens is 3. The van der Waals surface area contributed by atoms with Crippen LogP contribution in [0.1, 0.15) is 13.8 Å². The number of carbonyl (C=O) groups is 1. The van der Waals surface area contributed by atoms with Crippen LogP contribution in [0.15, 0.2) is 61.1 Å². The highest BCUT2D eigenvalue weighted by Gasteiger charge is 2.10. The summed E-state index contributed by atoms with van der Waals surface area (Å²) in [7, 11) is 0. The van der Waals surface area contributed by atoms with Crippen molar-refractivity contribution in [2.24, 2.45) is 5.92 Å². The molecule has 2 aromatic heterocycles. The number of hydrogen-bond acceptors (Lipinski definition) is 3. The van der Waals surface area contributed by atoms with Gasteiger partial charge in [0.2, 0.25) is 5.91 Å². The highest BCUT2D eigenvalue weighted by Crippen LogP contribution is 2.21. The zero-order chi connectivity index (χ0) is 16.2. The summed E-state index contributed by atoms with van der Waals surface area (Å²) in [5.41, 5.74) is 2.49. The molecular weight excluding hydrogens is 288 g/mol. The van der Waals surface area contributed by atoms with E-state index in [1.54, 1.807) is 12.4 Å². The summed E-state index contributed by atoms with van der Waals surface area (Å²) in [6.07, 6.45) is 5.37. The normalized spacial score (nSPS) is 10.7. The molecule has 1 aromatic carbocycles. The summed E-state index contributed by atoms with van der Waals surface area (Å²) in [5, 5.41) is 2.91. The van der Waals surface area contributed by atoms with Crippen LogP contribution in [0.3, 0.4) is 0 Å². The third-order valence-electron chi connectivity index (χ3n) is 3.45. The van der Waals surface area contributed by atoms with Crippen molar-refractivity contribution in [2.45, 2.75) is 13.8 Å². The summed E-state index contributed by atoms with van der Waals surface area (Å²) in [5.74, 6) is 0.701. The number of nitrogens with zero attached hydrogens (tertiary/aromatic N) is 3. The van der Waals surface area contributed by atoms with Crippen LogP contribution in [-0.2, 0) is 4.79 Å². The molecule has 0 bridgehead atoms. The first-order chi connectivity index (χ1) is 11.1. The van der Waals surface area contributed by atoms with Gasteiger partial charge in [0, 0.05) is 35.9 Å². The van der Waals surface area contributed by atoms with E-state index in [1.807, 2.05) is 67.1 Å². The topological polar surface area (TPSA) is 59.8 Å². The second-order valence-corrected chi connectivity index (χ2v) is 5.53. The SMILES string of the molecule is CC(C)C(=O)Nc1cccc(-n2ccnc2-c2ccccn2)c1. The lowest BCUT2D eigenvalue weighted by atomic mass is 10.2. The van der Waals surface area contributed by atoms with Gasteiger partial charge in [-0.25, -0.2) is 4.98 Å². The van der Waals surface area contributed by atoms with Crippen molar-refractivity contribution in [1.82, 2.24) is 14.5 Å². The first-order valence-electron chi connectivity index (χ1n) is 7.51. The van der Waals surface area contributed by atoms with E-state index in [4.69, 9.17) is 0 Å². The molecule has 0 saturated carbocycles. The Morgan fingerprint density at radius 3 is 2.70 bits per heavy atom. The molecule has 116 valence electrons. The maximum Gasteiger partial charge on any atom is 0.226 e. The number of hydrogen-bond donors (Lipinski definition) is 1. The number of pyridine rings is 1. The third-order valence-corrected chi connectivity index (χ3v) is 3.45. The second-order valence-electron chi connectivity index (χ2n) is 5.53. The van der Waals surface area contributed by atoms with Crippen LogP contribution in [0.2, 0.25) is 0 Å². The Morgan fingerprint density at radius 1 is 1.09 bits per heavy atom. The van der Waals surface area contributed by atoms with Gasteiger partial charge in [-0.3, -0.25) is 14.3 Å². The quantitative estimate of drug-likeness (QED) is 0.802. The van der Waals surface area contributed by atoms with Gasteiger partial charge in [-0.2, -0.15) is 0 Å². The number of rotatable bonds is 4. The number of carbonyl (C=O) groups excluding carboxylic acids is 1. The van der Waals surface area contributed by atoms with E-state index in [1.165, 1.54) is 0 Å². The highest BCUT2D eigenvalue weighted by molar-refractivity contribution is 5.92.